The summed E-state index contributed by atoms with van der Waals surface area (Å²) < 4.78 is 27.4. The Morgan fingerprint density at radius 3 is 2.47 bits per heavy atom. The highest BCUT2D eigenvalue weighted by Crippen LogP contribution is 2.33. The Balaban J connectivity index is 1.60. The summed E-state index contributed by atoms with van der Waals surface area (Å²) in [6.45, 7) is 0.218. The first-order valence-electron chi connectivity index (χ1n) is 9.68. The summed E-state index contributed by atoms with van der Waals surface area (Å²) >= 11 is 5.91. The smallest absolute Gasteiger partial charge is 0.251 e. The van der Waals surface area contributed by atoms with Crippen molar-refractivity contribution in [1.29, 1.82) is 0 Å². The summed E-state index contributed by atoms with van der Waals surface area (Å²) in [7, 11) is -0.0566. The number of hydrogen-bond acceptors (Lipinski definition) is 3. The molecule has 1 heterocycles. The molecule has 0 aliphatic carbocycles. The van der Waals surface area contributed by atoms with E-state index in [1.165, 1.54) is 22.5 Å². The molecule has 1 aliphatic rings. The van der Waals surface area contributed by atoms with E-state index < -0.39 is 16.8 Å². The third kappa shape index (κ3) is 4.49. The Kier molecular flexibility index (Phi) is 6.21. The summed E-state index contributed by atoms with van der Waals surface area (Å²) in [4.78, 5) is 25.9. The number of carbonyl (C=O) groups is 2. The highest BCUT2D eigenvalue weighted by molar-refractivity contribution is 7.91. The summed E-state index contributed by atoms with van der Waals surface area (Å²) in [5, 5.41) is 3.32. The Labute approximate surface area is 192 Å². The number of allylic oxidation sites excluding steroid dienone is 1. The number of amides is 1. The number of benzene rings is 3. The van der Waals surface area contributed by atoms with Crippen LogP contribution in [-0.2, 0) is 17.5 Å². The van der Waals surface area contributed by atoms with Crippen LogP contribution in [0.25, 0.3) is 6.08 Å². The first-order valence-corrected chi connectivity index (χ1v) is 11.2. The normalized spacial score (nSPS) is 16.7. The van der Waals surface area contributed by atoms with Crippen LogP contribution in [0.2, 0.25) is 5.02 Å². The zero-order chi connectivity index (χ0) is 22.8. The Morgan fingerprint density at radius 2 is 1.78 bits per heavy atom. The lowest BCUT2D eigenvalue weighted by molar-refractivity contribution is 0.0951. The van der Waals surface area contributed by atoms with E-state index in [0.717, 1.165) is 5.56 Å². The molecule has 1 N–H and O–H groups in total. The molecular weight excluding hydrogens is 451 g/mol. The van der Waals surface area contributed by atoms with Crippen molar-refractivity contribution >= 4 is 46.0 Å². The van der Waals surface area contributed by atoms with Crippen LogP contribution in [0.15, 0.2) is 71.6 Å². The fraction of sp³-hybridized carbons (Fsp3) is 0.0833. The van der Waals surface area contributed by atoms with Crippen LogP contribution in [0.3, 0.4) is 0 Å². The zero-order valence-corrected chi connectivity index (χ0v) is 18.5. The third-order valence-electron chi connectivity index (χ3n) is 5.04. The second kappa shape index (κ2) is 9.06. The lowest BCUT2D eigenvalue weighted by Gasteiger charge is -2.27. The highest BCUT2D eigenvalue weighted by Gasteiger charge is 2.32. The molecule has 1 amide bonds. The average molecular weight is 469 g/mol. The third-order valence-corrected chi connectivity index (χ3v) is 6.66. The van der Waals surface area contributed by atoms with Crippen LogP contribution < -0.4 is 9.62 Å². The quantitative estimate of drug-likeness (QED) is 0.562. The fourth-order valence-electron chi connectivity index (χ4n) is 3.30. The van der Waals surface area contributed by atoms with Gasteiger partial charge in [0, 0.05) is 29.7 Å². The van der Waals surface area contributed by atoms with E-state index in [9.17, 15) is 18.2 Å². The molecular formula is C24H18ClFN2O3S. The molecule has 0 saturated carbocycles. The molecule has 8 heteroatoms. The van der Waals surface area contributed by atoms with Gasteiger partial charge in [0.25, 0.3) is 5.91 Å². The van der Waals surface area contributed by atoms with Crippen molar-refractivity contribution in [3.05, 3.63) is 105 Å². The minimum absolute atomic E-state index is 0.117. The van der Waals surface area contributed by atoms with Crippen molar-refractivity contribution in [3.63, 3.8) is 0 Å². The van der Waals surface area contributed by atoms with Crippen molar-refractivity contribution in [1.82, 2.24) is 5.32 Å². The SMILES string of the molecule is CN1c2ccc(C(=O)NCc3ccc(F)cc3)cc2C(=O)/C(=C/c2ccc(Cl)cc2)S1=O. The van der Waals surface area contributed by atoms with E-state index in [-0.39, 0.29) is 23.2 Å². The van der Waals surface area contributed by atoms with E-state index in [1.807, 2.05) is 0 Å². The molecule has 4 rings (SSSR count). The van der Waals surface area contributed by atoms with Gasteiger partial charge in [0.2, 0.25) is 5.78 Å². The van der Waals surface area contributed by atoms with Gasteiger partial charge in [-0.05, 0) is 59.7 Å². The van der Waals surface area contributed by atoms with Crippen LogP contribution in [0.5, 0.6) is 0 Å². The number of Topliss-reactive ketones (excluding diaryl/α,β-unsaturated/α-hetero) is 1. The van der Waals surface area contributed by atoms with Crippen LogP contribution in [0, 0.1) is 5.82 Å². The predicted molar refractivity (Wildman–Crippen MR) is 124 cm³/mol. The molecule has 0 saturated heterocycles. The van der Waals surface area contributed by atoms with Gasteiger partial charge in [0.15, 0.2) is 11.0 Å². The van der Waals surface area contributed by atoms with Crippen LogP contribution >= 0.6 is 11.6 Å². The minimum Gasteiger partial charge on any atom is -0.348 e. The van der Waals surface area contributed by atoms with Gasteiger partial charge in [-0.1, -0.05) is 35.9 Å². The predicted octanol–water partition coefficient (Wildman–Crippen LogP) is 4.75. The lowest BCUT2D eigenvalue weighted by Crippen LogP contribution is -2.32. The molecule has 0 fully saturated rings. The van der Waals surface area contributed by atoms with Crippen molar-refractivity contribution in [2.24, 2.45) is 0 Å². The largest absolute Gasteiger partial charge is 0.348 e. The molecule has 1 aliphatic heterocycles. The van der Waals surface area contributed by atoms with E-state index >= 15 is 0 Å². The van der Waals surface area contributed by atoms with Gasteiger partial charge in [-0.2, -0.15) is 0 Å². The van der Waals surface area contributed by atoms with Crippen molar-refractivity contribution < 1.29 is 18.2 Å². The number of fused-ring (bicyclic) bond motifs is 1. The van der Waals surface area contributed by atoms with Crippen molar-refractivity contribution in [3.8, 4) is 0 Å². The maximum Gasteiger partial charge on any atom is 0.251 e. The molecule has 1 unspecified atom stereocenters. The number of nitrogens with one attached hydrogen (secondary N) is 1. The van der Waals surface area contributed by atoms with Gasteiger partial charge < -0.3 is 5.32 Å². The monoisotopic (exact) mass is 468 g/mol. The van der Waals surface area contributed by atoms with E-state index in [0.29, 0.717) is 27.4 Å². The number of carbonyl (C=O) groups excluding carboxylic acids is 2. The molecule has 0 radical (unpaired) electrons. The second-order valence-electron chi connectivity index (χ2n) is 7.18. The van der Waals surface area contributed by atoms with Gasteiger partial charge in [-0.3, -0.25) is 13.9 Å². The molecule has 0 bridgehead atoms. The lowest BCUT2D eigenvalue weighted by atomic mass is 10.0. The topological polar surface area (TPSA) is 66.5 Å². The molecule has 3 aromatic rings. The molecule has 3 aromatic carbocycles. The Morgan fingerprint density at radius 1 is 1.09 bits per heavy atom. The maximum atomic E-state index is 13.1. The summed E-state index contributed by atoms with van der Waals surface area (Å²) in [5.41, 5.74) is 2.51. The van der Waals surface area contributed by atoms with E-state index in [4.69, 9.17) is 11.6 Å². The van der Waals surface area contributed by atoms with Gasteiger partial charge in [0.1, 0.15) is 10.7 Å². The summed E-state index contributed by atoms with van der Waals surface area (Å²) in [6, 6.07) is 17.3. The fourth-order valence-corrected chi connectivity index (χ4v) is 4.56. The summed E-state index contributed by atoms with van der Waals surface area (Å²) in [5.74, 6) is -1.13. The number of ketones is 1. The second-order valence-corrected chi connectivity index (χ2v) is 9.10. The molecule has 0 spiro atoms. The molecule has 32 heavy (non-hydrogen) atoms. The van der Waals surface area contributed by atoms with Crippen LogP contribution in [0.4, 0.5) is 10.1 Å². The Bertz CT molecular complexity index is 1260. The standard InChI is InChI=1S/C24H18ClFN2O3S/c1-28-21-11-6-17(24(30)27-14-16-4-9-19(26)10-5-16)13-20(21)23(29)22(32(28)31)12-15-2-7-18(25)8-3-15/h2-13H,14H2,1H3,(H,27,30)/b22-12-. The average Bonchev–Trinajstić information content (AvgIpc) is 2.80. The number of nitrogens with zero attached hydrogens (tertiary/aromatic N) is 1. The van der Waals surface area contributed by atoms with Gasteiger partial charge in [-0.15, -0.1) is 0 Å². The van der Waals surface area contributed by atoms with Crippen LogP contribution in [-0.4, -0.2) is 22.9 Å². The Hall–Kier alpha value is -3.29. The first kappa shape index (κ1) is 21.9. The highest BCUT2D eigenvalue weighted by atomic mass is 35.5. The van der Waals surface area contributed by atoms with Gasteiger partial charge >= 0.3 is 0 Å². The van der Waals surface area contributed by atoms with E-state index in [1.54, 1.807) is 61.7 Å². The molecule has 162 valence electrons. The van der Waals surface area contributed by atoms with Crippen molar-refractivity contribution in [2.45, 2.75) is 6.54 Å². The maximum absolute atomic E-state index is 13.1. The van der Waals surface area contributed by atoms with Crippen molar-refractivity contribution in [2.75, 3.05) is 11.4 Å². The minimum atomic E-state index is -1.69. The first-order chi connectivity index (χ1) is 15.3. The van der Waals surface area contributed by atoms with Gasteiger partial charge in [0.05, 0.1) is 5.69 Å². The molecule has 1 atom stereocenters. The molecule has 0 aromatic heterocycles. The van der Waals surface area contributed by atoms with Crippen LogP contribution in [0.1, 0.15) is 31.8 Å². The van der Waals surface area contributed by atoms with Gasteiger partial charge in [-0.25, -0.2) is 8.60 Å². The number of halogens is 2. The number of hydrogen-bond donors (Lipinski definition) is 1. The zero-order valence-electron chi connectivity index (χ0n) is 17.0. The number of anilines is 1. The summed E-state index contributed by atoms with van der Waals surface area (Å²) in [6.07, 6.45) is 1.56. The number of rotatable bonds is 4. The molecule has 5 nitrogen and oxygen atoms in total. The van der Waals surface area contributed by atoms with E-state index in [2.05, 4.69) is 5.32 Å².